The van der Waals surface area contributed by atoms with Crippen LogP contribution >= 0.6 is 0 Å². The van der Waals surface area contributed by atoms with Gasteiger partial charge in [-0.15, -0.1) is 0 Å². The van der Waals surface area contributed by atoms with Crippen molar-refractivity contribution in [1.29, 1.82) is 10.8 Å². The first-order valence-corrected chi connectivity index (χ1v) is 4.43. The molecule has 0 saturated carbocycles. The van der Waals surface area contributed by atoms with Crippen LogP contribution in [-0.2, 0) is 0 Å². The molecular formula is C9H10N6O2. The fourth-order valence-corrected chi connectivity index (χ4v) is 1.05. The van der Waals surface area contributed by atoms with Crippen molar-refractivity contribution in [2.75, 3.05) is 5.73 Å². The van der Waals surface area contributed by atoms with Crippen LogP contribution in [0, 0.1) is 20.9 Å². The molecule has 8 heteroatoms. The molecule has 6 N–H and O–H groups in total. The number of amidine groups is 2. The Morgan fingerprint density at radius 2 is 2.12 bits per heavy atom. The predicted octanol–water partition coefficient (Wildman–Crippen LogP) is 0.509. The van der Waals surface area contributed by atoms with Crippen LogP contribution in [0.2, 0.25) is 0 Å². The van der Waals surface area contributed by atoms with E-state index < -0.39 is 16.6 Å². The van der Waals surface area contributed by atoms with E-state index in [4.69, 9.17) is 22.3 Å². The van der Waals surface area contributed by atoms with Crippen LogP contribution in [0.5, 0.6) is 0 Å². The summed E-state index contributed by atoms with van der Waals surface area (Å²) >= 11 is 0. The number of nitrogens with zero attached hydrogens (tertiary/aromatic N) is 2. The summed E-state index contributed by atoms with van der Waals surface area (Å²) in [5, 5.41) is 24.7. The second kappa shape index (κ2) is 4.84. The van der Waals surface area contributed by atoms with Crippen LogP contribution in [0.25, 0.3) is 0 Å². The number of nitro groups is 1. The number of benzene rings is 1. The van der Waals surface area contributed by atoms with Gasteiger partial charge in [0, 0.05) is 17.8 Å². The minimum Gasteiger partial charge on any atom is -0.393 e. The molecule has 0 saturated heterocycles. The lowest BCUT2D eigenvalue weighted by molar-refractivity contribution is -0.383. The summed E-state index contributed by atoms with van der Waals surface area (Å²) in [4.78, 5) is 13.6. The van der Waals surface area contributed by atoms with Gasteiger partial charge in [0.2, 0.25) is 0 Å². The van der Waals surface area contributed by atoms with Gasteiger partial charge in [-0.05, 0) is 0 Å². The standard InChI is InChI=1S/C9H10N6O2/c10-7-5(4-14-9(13)8(11)12)2-1-3-6(7)15(16)17/h1-4,13H,10H2,(H3,11,12). The first kappa shape index (κ1) is 12.3. The van der Waals surface area contributed by atoms with E-state index in [-0.39, 0.29) is 11.4 Å². The van der Waals surface area contributed by atoms with E-state index in [2.05, 4.69) is 4.99 Å². The van der Waals surface area contributed by atoms with E-state index in [1.165, 1.54) is 18.2 Å². The SMILES string of the molecule is N=C(N)C(=N)N=Cc1cccc([N+](=O)[O-])c1N. The quantitative estimate of drug-likeness (QED) is 0.193. The van der Waals surface area contributed by atoms with Gasteiger partial charge in [0.1, 0.15) is 5.69 Å². The first-order valence-electron chi connectivity index (χ1n) is 4.43. The maximum atomic E-state index is 10.6. The molecule has 1 rings (SSSR count). The maximum Gasteiger partial charge on any atom is 0.292 e. The van der Waals surface area contributed by atoms with E-state index in [0.717, 1.165) is 6.21 Å². The molecule has 8 nitrogen and oxygen atoms in total. The van der Waals surface area contributed by atoms with Gasteiger partial charge in [0.15, 0.2) is 11.7 Å². The zero-order chi connectivity index (χ0) is 13.0. The molecule has 1 aromatic rings. The van der Waals surface area contributed by atoms with Gasteiger partial charge in [-0.2, -0.15) is 0 Å². The lowest BCUT2D eigenvalue weighted by Crippen LogP contribution is -2.19. The predicted molar refractivity (Wildman–Crippen MR) is 64.7 cm³/mol. The Kier molecular flexibility index (Phi) is 3.50. The molecular weight excluding hydrogens is 224 g/mol. The second-order valence-electron chi connectivity index (χ2n) is 3.06. The monoisotopic (exact) mass is 234 g/mol. The Bertz CT molecular complexity index is 522. The molecule has 0 aliphatic rings. The summed E-state index contributed by atoms with van der Waals surface area (Å²) in [5.74, 6) is -0.929. The van der Waals surface area contributed by atoms with Crippen LogP contribution in [0.1, 0.15) is 5.56 Å². The van der Waals surface area contributed by atoms with Crippen LogP contribution < -0.4 is 11.5 Å². The third kappa shape index (κ3) is 2.84. The molecule has 0 amide bonds. The summed E-state index contributed by atoms with van der Waals surface area (Å²) in [7, 11) is 0. The van der Waals surface area contributed by atoms with Gasteiger partial charge in [0.05, 0.1) is 4.92 Å². The molecule has 1 aromatic carbocycles. The minimum absolute atomic E-state index is 0.0439. The zero-order valence-corrected chi connectivity index (χ0v) is 8.68. The number of nitro benzene ring substituents is 1. The molecule has 0 bridgehead atoms. The maximum absolute atomic E-state index is 10.6. The van der Waals surface area contributed by atoms with Gasteiger partial charge < -0.3 is 11.5 Å². The van der Waals surface area contributed by atoms with Crippen LogP contribution in [0.15, 0.2) is 23.2 Å². The van der Waals surface area contributed by atoms with Crippen LogP contribution in [0.4, 0.5) is 11.4 Å². The van der Waals surface area contributed by atoms with Gasteiger partial charge in [0.25, 0.3) is 5.69 Å². The number of aliphatic imine (C=N–C) groups is 1. The number of nitrogens with one attached hydrogen (secondary N) is 2. The molecule has 88 valence electrons. The fraction of sp³-hybridized carbons (Fsp3) is 0. The summed E-state index contributed by atoms with van der Waals surface area (Å²) < 4.78 is 0. The summed E-state index contributed by atoms with van der Waals surface area (Å²) in [5.41, 5.74) is 10.6. The molecule has 0 heterocycles. The van der Waals surface area contributed by atoms with Crippen LogP contribution in [-0.4, -0.2) is 22.8 Å². The Labute approximate surface area is 96.1 Å². The topological polar surface area (TPSA) is 155 Å². The normalized spacial score (nSPS) is 10.4. The first-order chi connectivity index (χ1) is 7.93. The van der Waals surface area contributed by atoms with Crippen molar-refractivity contribution in [2.45, 2.75) is 0 Å². The van der Waals surface area contributed by atoms with Crippen molar-refractivity contribution in [3.05, 3.63) is 33.9 Å². The Balaban J connectivity index is 3.08. The molecule has 0 unspecified atom stereocenters. The van der Waals surface area contributed by atoms with Gasteiger partial charge in [-0.25, -0.2) is 4.99 Å². The Hall–Kier alpha value is -2.77. The molecule has 0 atom stereocenters. The van der Waals surface area contributed by atoms with E-state index in [9.17, 15) is 10.1 Å². The van der Waals surface area contributed by atoms with Crippen molar-refractivity contribution >= 4 is 29.3 Å². The number of hydrogen-bond acceptors (Lipinski definition) is 5. The second-order valence-corrected chi connectivity index (χ2v) is 3.06. The number of nitrogens with two attached hydrogens (primary N) is 2. The largest absolute Gasteiger partial charge is 0.393 e. The molecule has 0 aliphatic carbocycles. The molecule has 0 aromatic heterocycles. The molecule has 17 heavy (non-hydrogen) atoms. The van der Waals surface area contributed by atoms with Gasteiger partial charge >= 0.3 is 0 Å². The van der Waals surface area contributed by atoms with Crippen molar-refractivity contribution in [1.82, 2.24) is 0 Å². The Morgan fingerprint density at radius 3 is 2.65 bits per heavy atom. The number of anilines is 1. The number of para-hydroxylation sites is 1. The average molecular weight is 234 g/mol. The lowest BCUT2D eigenvalue weighted by Gasteiger charge is -2.00. The summed E-state index contributed by atoms with van der Waals surface area (Å²) in [6, 6.07) is 4.23. The molecule has 0 fully saturated rings. The fourth-order valence-electron chi connectivity index (χ4n) is 1.05. The Morgan fingerprint density at radius 1 is 1.47 bits per heavy atom. The van der Waals surface area contributed by atoms with Crippen LogP contribution in [0.3, 0.4) is 0 Å². The van der Waals surface area contributed by atoms with E-state index in [0.29, 0.717) is 5.56 Å². The highest BCUT2D eigenvalue weighted by Crippen LogP contribution is 2.23. The van der Waals surface area contributed by atoms with Gasteiger partial charge in [-0.3, -0.25) is 20.9 Å². The third-order valence-corrected chi connectivity index (χ3v) is 1.90. The van der Waals surface area contributed by atoms with Crippen molar-refractivity contribution in [3.8, 4) is 0 Å². The highest BCUT2D eigenvalue weighted by molar-refractivity contribution is 6.39. The molecule has 0 radical (unpaired) electrons. The average Bonchev–Trinajstić information content (AvgIpc) is 2.26. The van der Waals surface area contributed by atoms with E-state index in [1.807, 2.05) is 0 Å². The lowest BCUT2D eigenvalue weighted by atomic mass is 10.1. The molecule has 0 spiro atoms. The highest BCUT2D eigenvalue weighted by atomic mass is 16.6. The number of nitrogen functional groups attached to an aromatic ring is 1. The highest BCUT2D eigenvalue weighted by Gasteiger charge is 2.12. The van der Waals surface area contributed by atoms with Crippen molar-refractivity contribution in [2.24, 2.45) is 10.7 Å². The van der Waals surface area contributed by atoms with E-state index in [1.54, 1.807) is 0 Å². The third-order valence-electron chi connectivity index (χ3n) is 1.90. The summed E-state index contributed by atoms with van der Waals surface area (Å²) in [6.45, 7) is 0. The van der Waals surface area contributed by atoms with Crippen molar-refractivity contribution in [3.63, 3.8) is 0 Å². The van der Waals surface area contributed by atoms with Crippen molar-refractivity contribution < 1.29 is 4.92 Å². The number of hydrogen-bond donors (Lipinski definition) is 4. The summed E-state index contributed by atoms with van der Waals surface area (Å²) in [6.07, 6.45) is 1.16. The molecule has 0 aliphatic heterocycles. The zero-order valence-electron chi connectivity index (χ0n) is 8.68. The number of rotatable bonds is 2. The van der Waals surface area contributed by atoms with Gasteiger partial charge in [-0.1, -0.05) is 12.1 Å². The smallest absolute Gasteiger partial charge is 0.292 e. The minimum atomic E-state index is -0.608. The van der Waals surface area contributed by atoms with E-state index >= 15 is 0 Å².